The fraction of sp³-hybridized carbons (Fsp3) is 0.364. The van der Waals surface area contributed by atoms with Crippen molar-refractivity contribution in [3.8, 4) is 6.07 Å². The first-order valence-corrected chi connectivity index (χ1v) is 4.51. The molecule has 1 aromatic carbocycles. The summed E-state index contributed by atoms with van der Waals surface area (Å²) in [5, 5.41) is 8.81. The van der Waals surface area contributed by atoms with Crippen LogP contribution in [0.4, 0.5) is 4.39 Å². The third-order valence-electron chi connectivity index (χ3n) is 2.21. The van der Waals surface area contributed by atoms with E-state index in [1.807, 2.05) is 19.9 Å². The van der Waals surface area contributed by atoms with Gasteiger partial charge < -0.3 is 5.73 Å². The van der Waals surface area contributed by atoms with Gasteiger partial charge in [0.1, 0.15) is 5.82 Å². The number of nitriles is 1. The summed E-state index contributed by atoms with van der Waals surface area (Å²) in [6.07, 6.45) is 0. The summed E-state index contributed by atoms with van der Waals surface area (Å²) in [7, 11) is 0. The highest BCUT2D eigenvalue weighted by atomic mass is 19.1. The van der Waals surface area contributed by atoms with Gasteiger partial charge in [-0.2, -0.15) is 5.26 Å². The van der Waals surface area contributed by atoms with Gasteiger partial charge in [0.05, 0.1) is 11.6 Å². The Bertz CT molecular complexity index is 366. The highest BCUT2D eigenvalue weighted by molar-refractivity contribution is 5.39. The maximum atomic E-state index is 12.9. The predicted molar refractivity (Wildman–Crippen MR) is 52.9 cm³/mol. The van der Waals surface area contributed by atoms with Crippen molar-refractivity contribution >= 4 is 0 Å². The van der Waals surface area contributed by atoms with Crippen molar-refractivity contribution in [3.63, 3.8) is 0 Å². The van der Waals surface area contributed by atoms with Crippen molar-refractivity contribution in [2.75, 3.05) is 0 Å². The summed E-state index contributed by atoms with van der Waals surface area (Å²) >= 11 is 0. The number of halogens is 1. The molecule has 0 unspecified atom stereocenters. The molecule has 0 amide bonds. The fourth-order valence-electron chi connectivity index (χ4n) is 1.27. The van der Waals surface area contributed by atoms with Gasteiger partial charge in [0, 0.05) is 6.04 Å². The molecule has 2 N–H and O–H groups in total. The largest absolute Gasteiger partial charge is 0.324 e. The molecule has 0 saturated carbocycles. The molecule has 0 aliphatic rings. The van der Waals surface area contributed by atoms with Crippen LogP contribution in [-0.2, 0) is 0 Å². The summed E-state index contributed by atoms with van der Waals surface area (Å²) in [5.74, 6) is -0.168. The van der Waals surface area contributed by atoms with Crippen LogP contribution in [0.2, 0.25) is 0 Å². The van der Waals surface area contributed by atoms with Gasteiger partial charge in [-0.3, -0.25) is 0 Å². The van der Waals surface area contributed by atoms with E-state index in [0.29, 0.717) is 11.1 Å². The second kappa shape index (κ2) is 4.21. The Morgan fingerprint density at radius 2 is 2.07 bits per heavy atom. The van der Waals surface area contributed by atoms with E-state index in [2.05, 4.69) is 0 Å². The van der Waals surface area contributed by atoms with Gasteiger partial charge in [0.15, 0.2) is 0 Å². The van der Waals surface area contributed by atoms with E-state index in [1.165, 1.54) is 18.2 Å². The molecule has 0 heterocycles. The molecular formula is C11H13FN2. The Balaban J connectivity index is 3.18. The minimum Gasteiger partial charge on any atom is -0.324 e. The van der Waals surface area contributed by atoms with E-state index in [4.69, 9.17) is 11.0 Å². The molecule has 2 nitrogen and oxygen atoms in total. The van der Waals surface area contributed by atoms with Crippen molar-refractivity contribution in [2.24, 2.45) is 11.7 Å². The van der Waals surface area contributed by atoms with E-state index in [0.717, 1.165) is 0 Å². The van der Waals surface area contributed by atoms with Crippen LogP contribution in [0, 0.1) is 23.1 Å². The number of nitrogens with zero attached hydrogens (tertiary/aromatic N) is 1. The Labute approximate surface area is 83.2 Å². The second-order valence-corrected chi connectivity index (χ2v) is 3.61. The van der Waals surface area contributed by atoms with Crippen LogP contribution in [0.25, 0.3) is 0 Å². The van der Waals surface area contributed by atoms with Crippen LogP contribution in [0.3, 0.4) is 0 Å². The average Bonchev–Trinajstić information content (AvgIpc) is 2.16. The summed E-state index contributed by atoms with van der Waals surface area (Å²) in [4.78, 5) is 0. The normalized spacial score (nSPS) is 12.6. The first-order valence-electron chi connectivity index (χ1n) is 4.51. The van der Waals surface area contributed by atoms with E-state index < -0.39 is 0 Å². The van der Waals surface area contributed by atoms with E-state index in [-0.39, 0.29) is 17.8 Å². The minimum absolute atomic E-state index is 0.184. The standard InChI is InChI=1S/C11H13FN2/c1-7(2)11(14)10-5-9(12)4-3-8(10)6-13/h3-5,7,11H,14H2,1-2H3/t11-/m1/s1. The lowest BCUT2D eigenvalue weighted by Crippen LogP contribution is -2.18. The number of benzene rings is 1. The summed E-state index contributed by atoms with van der Waals surface area (Å²) in [6, 6.07) is 5.80. The number of hydrogen-bond donors (Lipinski definition) is 1. The third-order valence-corrected chi connectivity index (χ3v) is 2.21. The van der Waals surface area contributed by atoms with E-state index in [9.17, 15) is 4.39 Å². The van der Waals surface area contributed by atoms with Crippen molar-refractivity contribution in [3.05, 3.63) is 35.1 Å². The Hall–Kier alpha value is -1.40. The molecule has 1 rings (SSSR count). The molecule has 1 atom stereocenters. The van der Waals surface area contributed by atoms with Crippen LogP contribution >= 0.6 is 0 Å². The van der Waals surface area contributed by atoms with Gasteiger partial charge in [-0.05, 0) is 29.7 Å². The highest BCUT2D eigenvalue weighted by Gasteiger charge is 2.15. The second-order valence-electron chi connectivity index (χ2n) is 3.61. The van der Waals surface area contributed by atoms with Crippen molar-refractivity contribution in [1.82, 2.24) is 0 Å². The van der Waals surface area contributed by atoms with E-state index >= 15 is 0 Å². The van der Waals surface area contributed by atoms with E-state index in [1.54, 1.807) is 0 Å². The van der Waals surface area contributed by atoms with Crippen LogP contribution < -0.4 is 5.73 Å². The lowest BCUT2D eigenvalue weighted by atomic mass is 9.93. The van der Waals surface area contributed by atoms with Crippen LogP contribution in [0.15, 0.2) is 18.2 Å². The lowest BCUT2D eigenvalue weighted by molar-refractivity contribution is 0.509. The number of nitrogens with two attached hydrogens (primary N) is 1. The molecule has 1 aromatic rings. The minimum atomic E-state index is -0.352. The van der Waals surface area contributed by atoms with Crippen LogP contribution in [0.5, 0.6) is 0 Å². The molecule has 0 saturated heterocycles. The molecule has 0 radical (unpaired) electrons. The van der Waals surface area contributed by atoms with Crippen LogP contribution in [0.1, 0.15) is 31.0 Å². The molecule has 74 valence electrons. The smallest absolute Gasteiger partial charge is 0.123 e. The van der Waals surface area contributed by atoms with Crippen molar-refractivity contribution in [2.45, 2.75) is 19.9 Å². The summed E-state index contributed by atoms with van der Waals surface area (Å²) in [5.41, 5.74) is 6.90. The Kier molecular flexibility index (Phi) is 3.21. The first kappa shape index (κ1) is 10.7. The average molecular weight is 192 g/mol. The molecule has 14 heavy (non-hydrogen) atoms. The zero-order valence-electron chi connectivity index (χ0n) is 8.29. The van der Waals surface area contributed by atoms with Gasteiger partial charge in [-0.15, -0.1) is 0 Å². The maximum Gasteiger partial charge on any atom is 0.123 e. The predicted octanol–water partition coefficient (Wildman–Crippen LogP) is 2.35. The molecular weight excluding hydrogens is 179 g/mol. The Morgan fingerprint density at radius 3 is 2.57 bits per heavy atom. The zero-order chi connectivity index (χ0) is 10.7. The van der Waals surface area contributed by atoms with Gasteiger partial charge in [-0.25, -0.2) is 4.39 Å². The first-order chi connectivity index (χ1) is 6.56. The van der Waals surface area contributed by atoms with Crippen molar-refractivity contribution in [1.29, 1.82) is 5.26 Å². The van der Waals surface area contributed by atoms with Gasteiger partial charge in [0.2, 0.25) is 0 Å². The monoisotopic (exact) mass is 192 g/mol. The lowest BCUT2D eigenvalue weighted by Gasteiger charge is -2.17. The van der Waals surface area contributed by atoms with Crippen molar-refractivity contribution < 1.29 is 4.39 Å². The number of hydrogen-bond acceptors (Lipinski definition) is 2. The van der Waals surface area contributed by atoms with Gasteiger partial charge in [-0.1, -0.05) is 13.8 Å². The zero-order valence-corrected chi connectivity index (χ0v) is 8.29. The fourth-order valence-corrected chi connectivity index (χ4v) is 1.27. The summed E-state index contributed by atoms with van der Waals surface area (Å²) in [6.45, 7) is 3.88. The molecule has 0 aliphatic carbocycles. The van der Waals surface area contributed by atoms with Crippen LogP contribution in [-0.4, -0.2) is 0 Å². The SMILES string of the molecule is CC(C)[C@@H](N)c1cc(F)ccc1C#N. The molecule has 0 aliphatic heterocycles. The third kappa shape index (κ3) is 2.09. The number of rotatable bonds is 2. The molecule has 0 bridgehead atoms. The molecule has 0 aromatic heterocycles. The van der Waals surface area contributed by atoms with Gasteiger partial charge in [0.25, 0.3) is 0 Å². The maximum absolute atomic E-state index is 12.9. The molecule has 3 heteroatoms. The topological polar surface area (TPSA) is 49.8 Å². The van der Waals surface area contributed by atoms with Gasteiger partial charge >= 0.3 is 0 Å². The molecule has 0 fully saturated rings. The Morgan fingerprint density at radius 1 is 1.43 bits per heavy atom. The molecule has 0 spiro atoms. The quantitative estimate of drug-likeness (QED) is 0.781. The summed E-state index contributed by atoms with van der Waals surface area (Å²) < 4.78 is 12.9. The highest BCUT2D eigenvalue weighted by Crippen LogP contribution is 2.22.